The summed E-state index contributed by atoms with van der Waals surface area (Å²) in [6.45, 7) is 0. The smallest absolute Gasteiger partial charge is 0.311 e. The molecule has 1 aliphatic rings. The first-order chi connectivity index (χ1) is 12.6. The summed E-state index contributed by atoms with van der Waals surface area (Å²) in [6.07, 6.45) is 0. The highest BCUT2D eigenvalue weighted by Gasteiger charge is 2.38. The van der Waals surface area contributed by atoms with Gasteiger partial charge in [0, 0.05) is 25.7 Å². The van der Waals surface area contributed by atoms with Crippen molar-refractivity contribution in [1.82, 2.24) is 0 Å². The average Bonchev–Trinajstić information content (AvgIpc) is 2.66. The van der Waals surface area contributed by atoms with E-state index in [0.29, 0.717) is 0 Å². The van der Waals surface area contributed by atoms with Crippen LogP contribution in [0.5, 0.6) is 0 Å². The standard InChI is InChI=1S/C23H21NO2/c1-24(2)16-13-11-15(12-14-16)21-19-9-5-3-7-17(19)18-8-4-6-10-20(18)22(21)23(25)26/h3-14,21-22H,1-2H3,(H,25,26). The second-order valence-corrected chi connectivity index (χ2v) is 6.95. The van der Waals surface area contributed by atoms with Gasteiger partial charge >= 0.3 is 5.97 Å². The fourth-order valence-corrected chi connectivity index (χ4v) is 4.01. The van der Waals surface area contributed by atoms with Gasteiger partial charge in [-0.3, -0.25) is 4.79 Å². The molecule has 0 aromatic heterocycles. The van der Waals surface area contributed by atoms with E-state index in [1.54, 1.807) is 0 Å². The monoisotopic (exact) mass is 343 g/mol. The van der Waals surface area contributed by atoms with Gasteiger partial charge in [0.1, 0.15) is 0 Å². The van der Waals surface area contributed by atoms with Crippen LogP contribution in [0.1, 0.15) is 28.5 Å². The maximum Gasteiger partial charge on any atom is 0.311 e. The van der Waals surface area contributed by atoms with E-state index >= 15 is 0 Å². The molecule has 130 valence electrons. The molecule has 0 spiro atoms. The second-order valence-electron chi connectivity index (χ2n) is 6.95. The van der Waals surface area contributed by atoms with E-state index in [-0.39, 0.29) is 5.92 Å². The van der Waals surface area contributed by atoms with Gasteiger partial charge in [-0.2, -0.15) is 0 Å². The lowest BCUT2D eigenvalue weighted by atomic mass is 9.69. The van der Waals surface area contributed by atoms with E-state index in [9.17, 15) is 9.90 Å². The zero-order chi connectivity index (χ0) is 18.3. The lowest BCUT2D eigenvalue weighted by molar-refractivity contribution is -0.139. The molecule has 0 heterocycles. The molecular weight excluding hydrogens is 322 g/mol. The van der Waals surface area contributed by atoms with Gasteiger partial charge in [-0.15, -0.1) is 0 Å². The zero-order valence-electron chi connectivity index (χ0n) is 14.9. The SMILES string of the molecule is CN(C)c1ccc(C2c3ccccc3-c3ccccc3C2C(=O)O)cc1. The molecule has 26 heavy (non-hydrogen) atoms. The molecule has 0 radical (unpaired) electrons. The zero-order valence-corrected chi connectivity index (χ0v) is 14.9. The Labute approximate surface area is 153 Å². The number of carboxylic acid groups (broad SMARTS) is 1. The van der Waals surface area contributed by atoms with Crippen molar-refractivity contribution in [3.63, 3.8) is 0 Å². The first-order valence-electron chi connectivity index (χ1n) is 8.76. The summed E-state index contributed by atoms with van der Waals surface area (Å²) in [6, 6.07) is 24.3. The van der Waals surface area contributed by atoms with Gasteiger partial charge in [0.15, 0.2) is 0 Å². The number of anilines is 1. The van der Waals surface area contributed by atoms with Gasteiger partial charge < -0.3 is 10.0 Å². The summed E-state index contributed by atoms with van der Waals surface area (Å²) in [7, 11) is 4.00. The van der Waals surface area contributed by atoms with Gasteiger partial charge in [-0.25, -0.2) is 0 Å². The van der Waals surface area contributed by atoms with Crippen LogP contribution < -0.4 is 4.90 Å². The normalized spacial score (nSPS) is 17.9. The van der Waals surface area contributed by atoms with Gasteiger partial charge in [0.2, 0.25) is 0 Å². The van der Waals surface area contributed by atoms with Crippen LogP contribution in [0.3, 0.4) is 0 Å². The molecular formula is C23H21NO2. The molecule has 3 aromatic carbocycles. The fraction of sp³-hybridized carbons (Fsp3) is 0.174. The van der Waals surface area contributed by atoms with Gasteiger partial charge in [-0.05, 0) is 39.9 Å². The van der Waals surface area contributed by atoms with Crippen molar-refractivity contribution in [2.75, 3.05) is 19.0 Å². The van der Waals surface area contributed by atoms with Crippen LogP contribution in [-0.4, -0.2) is 25.2 Å². The van der Waals surface area contributed by atoms with E-state index in [4.69, 9.17) is 0 Å². The third-order valence-corrected chi connectivity index (χ3v) is 5.25. The van der Waals surface area contributed by atoms with E-state index in [1.807, 2.05) is 55.4 Å². The highest BCUT2D eigenvalue weighted by Crippen LogP contribution is 2.49. The predicted molar refractivity (Wildman–Crippen MR) is 105 cm³/mol. The molecule has 0 bridgehead atoms. The van der Waals surface area contributed by atoms with Crippen molar-refractivity contribution < 1.29 is 9.90 Å². The highest BCUT2D eigenvalue weighted by molar-refractivity contribution is 5.87. The topological polar surface area (TPSA) is 40.5 Å². The van der Waals surface area contributed by atoms with Gasteiger partial charge in [0.05, 0.1) is 5.92 Å². The molecule has 0 fully saturated rings. The molecule has 2 unspecified atom stereocenters. The number of benzene rings is 3. The van der Waals surface area contributed by atoms with Crippen LogP contribution in [-0.2, 0) is 4.79 Å². The molecule has 0 saturated heterocycles. The first kappa shape index (κ1) is 16.4. The van der Waals surface area contributed by atoms with Gasteiger partial charge in [-0.1, -0.05) is 60.7 Å². The van der Waals surface area contributed by atoms with Gasteiger partial charge in [0.25, 0.3) is 0 Å². The van der Waals surface area contributed by atoms with Crippen molar-refractivity contribution in [3.8, 4) is 11.1 Å². The molecule has 0 saturated carbocycles. The first-order valence-corrected chi connectivity index (χ1v) is 8.76. The van der Waals surface area contributed by atoms with E-state index < -0.39 is 11.9 Å². The molecule has 0 aliphatic heterocycles. The van der Waals surface area contributed by atoms with Crippen molar-refractivity contribution in [1.29, 1.82) is 0 Å². The Morgan fingerprint density at radius 1 is 0.808 bits per heavy atom. The second kappa shape index (κ2) is 6.34. The predicted octanol–water partition coefficient (Wildman–Crippen LogP) is 4.73. The largest absolute Gasteiger partial charge is 0.481 e. The quantitative estimate of drug-likeness (QED) is 0.747. The van der Waals surface area contributed by atoms with Crippen LogP contribution in [0, 0.1) is 0 Å². The van der Waals surface area contributed by atoms with Crippen molar-refractivity contribution in [2.45, 2.75) is 11.8 Å². The maximum absolute atomic E-state index is 12.3. The van der Waals surface area contributed by atoms with E-state index in [1.165, 1.54) is 0 Å². The van der Waals surface area contributed by atoms with Crippen LogP contribution in [0.4, 0.5) is 5.69 Å². The number of fused-ring (bicyclic) bond motifs is 3. The van der Waals surface area contributed by atoms with Crippen molar-refractivity contribution >= 4 is 11.7 Å². The number of carboxylic acids is 1. The summed E-state index contributed by atoms with van der Waals surface area (Å²) in [5.41, 5.74) is 6.26. The number of hydrogen-bond donors (Lipinski definition) is 1. The highest BCUT2D eigenvalue weighted by atomic mass is 16.4. The summed E-state index contributed by atoms with van der Waals surface area (Å²) >= 11 is 0. The number of rotatable bonds is 3. The molecule has 0 amide bonds. The summed E-state index contributed by atoms with van der Waals surface area (Å²) in [5.74, 6) is -1.57. The van der Waals surface area contributed by atoms with Crippen LogP contribution in [0.2, 0.25) is 0 Å². The van der Waals surface area contributed by atoms with Crippen LogP contribution in [0.25, 0.3) is 11.1 Å². The third-order valence-electron chi connectivity index (χ3n) is 5.25. The fourth-order valence-electron chi connectivity index (χ4n) is 4.01. The summed E-state index contributed by atoms with van der Waals surface area (Å²) < 4.78 is 0. The number of aliphatic carboxylic acids is 1. The lowest BCUT2D eigenvalue weighted by Gasteiger charge is -2.33. The van der Waals surface area contributed by atoms with E-state index in [2.05, 4.69) is 36.4 Å². The van der Waals surface area contributed by atoms with Crippen molar-refractivity contribution in [3.05, 3.63) is 89.5 Å². The van der Waals surface area contributed by atoms with Crippen molar-refractivity contribution in [2.24, 2.45) is 0 Å². The number of carbonyl (C=O) groups is 1. The molecule has 2 atom stereocenters. The third kappa shape index (κ3) is 2.57. The molecule has 3 nitrogen and oxygen atoms in total. The Balaban J connectivity index is 1.94. The maximum atomic E-state index is 12.3. The minimum absolute atomic E-state index is 0.199. The van der Waals surface area contributed by atoms with Crippen LogP contribution >= 0.6 is 0 Å². The summed E-state index contributed by atoms with van der Waals surface area (Å²) in [4.78, 5) is 14.3. The molecule has 4 rings (SSSR count). The molecule has 1 N–H and O–H groups in total. The van der Waals surface area contributed by atoms with Crippen LogP contribution in [0.15, 0.2) is 72.8 Å². The molecule has 1 aliphatic carbocycles. The number of nitrogens with zero attached hydrogens (tertiary/aromatic N) is 1. The minimum Gasteiger partial charge on any atom is -0.481 e. The lowest BCUT2D eigenvalue weighted by Crippen LogP contribution is -2.25. The molecule has 3 heteroatoms. The average molecular weight is 343 g/mol. The Morgan fingerprint density at radius 2 is 1.35 bits per heavy atom. The Morgan fingerprint density at radius 3 is 1.92 bits per heavy atom. The Bertz CT molecular complexity index is 960. The Kier molecular flexibility index (Phi) is 4.00. The molecule has 3 aromatic rings. The minimum atomic E-state index is -0.784. The number of hydrogen-bond acceptors (Lipinski definition) is 2. The summed E-state index contributed by atoms with van der Waals surface area (Å²) in [5, 5.41) is 10.1. The van der Waals surface area contributed by atoms with E-state index in [0.717, 1.165) is 33.5 Å². The Hall–Kier alpha value is -3.07.